The Balaban J connectivity index is 0.000000115. The zero-order valence-electron chi connectivity index (χ0n) is 86.8. The summed E-state index contributed by atoms with van der Waals surface area (Å²) in [7, 11) is -1.91. The molecule has 10 aromatic heterocycles. The molecule has 145 heavy (non-hydrogen) atoms. The number of hydrogen-bond donors (Lipinski definition) is 1. The summed E-state index contributed by atoms with van der Waals surface area (Å²) < 4.78 is 47.8. The van der Waals surface area contributed by atoms with Crippen LogP contribution in [0.5, 0.6) is 5.88 Å². The van der Waals surface area contributed by atoms with Crippen LogP contribution in [0.4, 0.5) is 0 Å². The van der Waals surface area contributed by atoms with Crippen molar-refractivity contribution in [2.75, 3.05) is 105 Å². The van der Waals surface area contributed by atoms with Gasteiger partial charge in [-0.05, 0) is 270 Å². The third-order valence-corrected chi connectivity index (χ3v) is 37.9. The van der Waals surface area contributed by atoms with Gasteiger partial charge in [0.05, 0.1) is 210 Å². The molecule has 8 fully saturated rings. The third-order valence-electron chi connectivity index (χ3n) is 31.1. The van der Waals surface area contributed by atoms with Crippen LogP contribution in [0.3, 0.4) is 0 Å². The number of sulfonamides is 1. The average molecular weight is 2090 g/mol. The van der Waals surface area contributed by atoms with E-state index in [1.807, 2.05) is 102 Å². The number of aliphatic hydroxyl groups excluding tert-OH is 1. The number of thiazole rings is 5. The summed E-state index contributed by atoms with van der Waals surface area (Å²) in [4.78, 5) is 149. The average Bonchev–Trinajstić information content (AvgIpc) is 1.55. The van der Waals surface area contributed by atoms with E-state index in [2.05, 4.69) is 103 Å². The Morgan fingerprint density at radius 3 is 1.07 bits per heavy atom. The molecule has 772 valence electrons. The van der Waals surface area contributed by atoms with Gasteiger partial charge in [0, 0.05) is 116 Å². The number of fused-ring (bicyclic) bond motifs is 5. The van der Waals surface area contributed by atoms with Crippen LogP contribution >= 0.6 is 56.7 Å². The number of ether oxygens (including phenoxy) is 4. The van der Waals surface area contributed by atoms with Crippen molar-refractivity contribution < 1.29 is 61.2 Å². The molecule has 5 aliphatic carbocycles. The first kappa shape index (κ1) is 104. The van der Waals surface area contributed by atoms with Crippen molar-refractivity contribution in [2.24, 2.45) is 29.6 Å². The summed E-state index contributed by atoms with van der Waals surface area (Å²) >= 11 is 8.10. The number of aryl methyl sites for hydroxylation is 10. The van der Waals surface area contributed by atoms with Crippen molar-refractivity contribution in [1.29, 1.82) is 0 Å². The fraction of sp³-hybridized carbons (Fsp3) is 0.570. The number of morpholine rings is 3. The minimum absolute atomic E-state index is 0.0106. The molecule has 1 N–H and O–H groups in total. The van der Waals surface area contributed by atoms with E-state index in [4.69, 9.17) is 44.0 Å². The monoisotopic (exact) mass is 2090 g/mol. The second-order valence-electron chi connectivity index (χ2n) is 41.5. The van der Waals surface area contributed by atoms with E-state index in [0.29, 0.717) is 136 Å². The molecule has 7 atom stereocenters. The largest absolute Gasteiger partial charge is 0.475 e. The van der Waals surface area contributed by atoms with Gasteiger partial charge in [0.25, 0.3) is 35.4 Å². The molecule has 18 heterocycles. The van der Waals surface area contributed by atoms with Crippen molar-refractivity contribution in [3.63, 3.8) is 0 Å². The first-order chi connectivity index (χ1) is 69.4. The van der Waals surface area contributed by atoms with Gasteiger partial charge in [0.1, 0.15) is 17.9 Å². The van der Waals surface area contributed by atoms with E-state index in [1.165, 1.54) is 69.0 Å². The van der Waals surface area contributed by atoms with Crippen LogP contribution in [0.25, 0.3) is 52.9 Å². The van der Waals surface area contributed by atoms with Crippen LogP contribution in [-0.4, -0.2) is 278 Å². The summed E-state index contributed by atoms with van der Waals surface area (Å²) in [5.74, 6) is 3.42. The zero-order chi connectivity index (χ0) is 102. The lowest BCUT2D eigenvalue weighted by Crippen LogP contribution is -2.42. The van der Waals surface area contributed by atoms with E-state index >= 15 is 0 Å². The zero-order valence-corrected chi connectivity index (χ0v) is 91.7. The van der Waals surface area contributed by atoms with Crippen molar-refractivity contribution in [2.45, 2.75) is 263 Å². The third kappa shape index (κ3) is 21.9. The Morgan fingerprint density at radius 1 is 0.407 bits per heavy atom. The summed E-state index contributed by atoms with van der Waals surface area (Å²) in [6.45, 7) is 47.0. The van der Waals surface area contributed by atoms with E-state index < -0.39 is 16.1 Å². The van der Waals surface area contributed by atoms with Crippen LogP contribution < -0.4 is 4.74 Å². The van der Waals surface area contributed by atoms with Gasteiger partial charge in [-0.25, -0.2) is 58.3 Å². The van der Waals surface area contributed by atoms with Crippen molar-refractivity contribution >= 4 is 102 Å². The van der Waals surface area contributed by atoms with Crippen molar-refractivity contribution in [1.82, 2.24) is 93.3 Å². The van der Waals surface area contributed by atoms with Crippen LogP contribution in [-0.2, 0) is 63.5 Å². The maximum absolute atomic E-state index is 13.5. The molecule has 23 rings (SSSR count). The molecule has 38 heteroatoms. The Morgan fingerprint density at radius 2 is 0.710 bits per heavy atom. The molecule has 3 saturated heterocycles. The number of pyridine rings is 5. The highest BCUT2D eigenvalue weighted by atomic mass is 32.2. The summed E-state index contributed by atoms with van der Waals surface area (Å²) in [5.41, 5.74) is 19.9. The fourth-order valence-corrected chi connectivity index (χ4v) is 26.8. The molecule has 0 spiro atoms. The Kier molecular flexibility index (Phi) is 30.5. The number of aromatic nitrogens is 10. The van der Waals surface area contributed by atoms with Gasteiger partial charge in [-0.3, -0.25) is 38.6 Å². The normalized spacial score (nSPS) is 19.8. The minimum Gasteiger partial charge on any atom is -0.475 e. The van der Waals surface area contributed by atoms with E-state index in [9.17, 15) is 37.2 Å². The van der Waals surface area contributed by atoms with E-state index in [-0.39, 0.29) is 78.5 Å². The van der Waals surface area contributed by atoms with E-state index in [1.54, 1.807) is 68.5 Å². The highest BCUT2D eigenvalue weighted by molar-refractivity contribution is 7.88. The lowest BCUT2D eigenvalue weighted by atomic mass is 10.0. The summed E-state index contributed by atoms with van der Waals surface area (Å²) in [6, 6.07) is 11.0. The molecular formula is C107H135N19O13S6. The Bertz CT molecular complexity index is 6770. The second-order valence-corrected chi connectivity index (χ2v) is 49.6. The summed E-state index contributed by atoms with van der Waals surface area (Å²) in [5, 5.41) is 14.1. The molecule has 2 unspecified atom stereocenters. The van der Waals surface area contributed by atoms with Crippen molar-refractivity contribution in [3.8, 4) is 58.7 Å². The number of hydrogen-bond acceptors (Lipinski definition) is 30. The van der Waals surface area contributed by atoms with Gasteiger partial charge >= 0.3 is 0 Å². The first-order valence-electron chi connectivity index (χ1n) is 51.5. The topological polar surface area (TPSA) is 352 Å². The molecule has 8 aliphatic heterocycles. The number of aliphatic hydroxyl groups is 1. The summed E-state index contributed by atoms with van der Waals surface area (Å²) in [6.07, 6.45) is 13.2. The smallest absolute Gasteiger partial charge is 0.273 e. The van der Waals surface area contributed by atoms with Gasteiger partial charge in [0.2, 0.25) is 15.9 Å². The predicted octanol–water partition coefficient (Wildman–Crippen LogP) is 16.9. The molecule has 6 amide bonds. The molecule has 13 aliphatic rings. The number of rotatable bonds is 26. The van der Waals surface area contributed by atoms with E-state index in [0.717, 1.165) is 222 Å². The minimum atomic E-state index is -3.44. The highest BCUT2D eigenvalue weighted by Crippen LogP contribution is 2.49. The molecule has 32 nitrogen and oxygen atoms in total. The van der Waals surface area contributed by atoms with Crippen LogP contribution in [0.1, 0.15) is 285 Å². The van der Waals surface area contributed by atoms with Gasteiger partial charge < -0.3 is 53.5 Å². The van der Waals surface area contributed by atoms with Crippen LogP contribution in [0.15, 0.2) is 30.3 Å². The maximum atomic E-state index is 13.5. The molecular weight excluding hydrogens is 1950 g/mol. The second kappa shape index (κ2) is 42.7. The molecule has 5 saturated carbocycles. The first-order valence-corrected chi connectivity index (χ1v) is 57.4. The lowest BCUT2D eigenvalue weighted by Gasteiger charge is -2.32. The lowest BCUT2D eigenvalue weighted by molar-refractivity contribution is 0.0188. The SMILES string of the molecule is Cc1nc(C)c(-c2cc3c(c(C(=O)N4CCOCC4)n2)C(=O)N([C@@H](C)C2CC2)C3)s1.Cc1nc(C)c(-c2cc3c(c(C(C)N(C)S(C)(=O)=O)n2)C(=O)N([C@@H](C)C2CC2)C3)s1.Cc1nc(C)c(-c2cc3c(c(C(C)N4CCOCC4)n2)C(=O)N([C@@H](C)C2CC2)C3)s1.Cc1nc(C)c(-c2cc3c(c(CN4CCOCC4)n2)C(=O)N([C@@H](C)C2CC2)C3)s1.Cc1nc(C)c(-c2cc3c(c(OCCO)n2)C(=O)N([C@@H](C)C2CC2)C3)s1. The Labute approximate surface area is 870 Å². The molecule has 10 aromatic rings. The Hall–Kier alpha value is -9.81. The van der Waals surface area contributed by atoms with Crippen LogP contribution in [0.2, 0.25) is 0 Å². The van der Waals surface area contributed by atoms with Gasteiger partial charge in [-0.15, -0.1) is 56.7 Å². The predicted molar refractivity (Wildman–Crippen MR) is 562 cm³/mol. The quantitative estimate of drug-likeness (QED) is 0.0526. The van der Waals surface area contributed by atoms with Gasteiger partial charge in [-0.2, -0.15) is 4.31 Å². The highest BCUT2D eigenvalue weighted by Gasteiger charge is 2.49. The number of amides is 6. The van der Waals surface area contributed by atoms with Gasteiger partial charge in [-0.1, -0.05) is 0 Å². The molecule has 0 bridgehead atoms. The number of carbonyl (C=O) groups excluding carboxylic acids is 6. The number of carbonyl (C=O) groups is 6. The molecule has 0 aromatic carbocycles. The molecule has 0 radical (unpaired) electrons. The maximum Gasteiger partial charge on any atom is 0.273 e. The van der Waals surface area contributed by atoms with Crippen molar-refractivity contribution in [3.05, 3.63) is 162 Å². The number of nitrogens with zero attached hydrogens (tertiary/aromatic N) is 19. The van der Waals surface area contributed by atoms with Crippen LogP contribution in [0, 0.1) is 98.8 Å². The standard InChI is InChI=1S/C23H30N4O2S.C22H26N4O3S.C22H28N4O2S.C21H28N4O3S2.C19H23N3O3S/c1-13-22(30-16(4)24-13)19-11-18-12-27(14(2)17-5-6-17)23(28)20(18)21(25-19)15(3)26-7-9-29-10-8-26;1-12-20(30-14(3)23-12)17-10-16-11-26(13(2)15-4-5-15)21(27)18(16)19(24-17)22(28)25-6-8-29-9-7-25;1-13-21(29-15(3)23-13)18-10-17-11-26(14(2)16-4-5-16)22(27)20(17)19(24-18)12-25-6-8-28-9-7-25;1-11-20(29-14(4)22-11)17-9-16-10-25(12(2)15-7-8-15)21(26)18(16)19(23-17)13(3)24(5)30(6,27)28;1-10-17(26-12(3)20-10)15-8-14-9-22(11(2)13-4-5-13)19(24)16(14)18(21-15)25-7-6-23/h11,14-15,17H,5-10,12H2,1-4H3;10,13,15H,4-9,11H2,1-3H3;10,14,16H,4-9,11-12H2,1-3H3;9,12-13,15H,7-8,10H2,1-6H3;8,11,13,23H,4-7,9H2,1-3H3/t14-,15?;13-;14-;12-,13?;11-/m00000/s1. The van der Waals surface area contributed by atoms with Gasteiger partial charge in [0.15, 0.2) is 0 Å². The fourth-order valence-electron chi connectivity index (χ4n) is 21.7.